The van der Waals surface area contributed by atoms with Crippen LogP contribution in [-0.4, -0.2) is 29.2 Å². The van der Waals surface area contributed by atoms with Crippen molar-refractivity contribution in [3.63, 3.8) is 0 Å². The van der Waals surface area contributed by atoms with Gasteiger partial charge in [-0.25, -0.2) is 0 Å². The highest BCUT2D eigenvalue weighted by molar-refractivity contribution is 6.30. The third-order valence-electron chi connectivity index (χ3n) is 6.93. The smallest absolute Gasteiger partial charge is 0.311 e. The summed E-state index contributed by atoms with van der Waals surface area (Å²) in [6.45, 7) is 4.10. The van der Waals surface area contributed by atoms with Crippen LogP contribution in [0.3, 0.4) is 0 Å². The van der Waals surface area contributed by atoms with Crippen molar-refractivity contribution in [2.75, 3.05) is 6.54 Å². The second-order valence-electron chi connectivity index (χ2n) is 9.62. The maximum atomic E-state index is 13.4. The molecule has 198 valence electrons. The maximum absolute atomic E-state index is 13.4. The highest BCUT2D eigenvalue weighted by Gasteiger charge is 2.34. The highest BCUT2D eigenvalue weighted by Crippen LogP contribution is 2.33. The van der Waals surface area contributed by atoms with Gasteiger partial charge in [0.25, 0.3) is 11.8 Å². The first-order valence-electron chi connectivity index (χ1n) is 12.7. The lowest BCUT2D eigenvalue weighted by Crippen LogP contribution is -2.30. The second-order valence-corrected chi connectivity index (χ2v) is 10.1. The van der Waals surface area contributed by atoms with E-state index in [1.54, 1.807) is 60.7 Å². The molecule has 0 saturated heterocycles. The van der Waals surface area contributed by atoms with Gasteiger partial charge in [-0.05, 0) is 86.3 Å². The average molecular weight is 544 g/mol. The Morgan fingerprint density at radius 3 is 2.18 bits per heavy atom. The molecule has 1 aromatic heterocycles. The Bertz CT molecular complexity index is 1640. The van der Waals surface area contributed by atoms with Gasteiger partial charge in [-0.2, -0.15) is 0 Å². The molecule has 2 heterocycles. The number of carbonyl (C=O) groups excluding carboxylic acids is 3. The van der Waals surface area contributed by atoms with Gasteiger partial charge < -0.3 is 9.15 Å². The van der Waals surface area contributed by atoms with Gasteiger partial charge in [0, 0.05) is 23.6 Å². The average Bonchev–Trinajstić information content (AvgIpc) is 3.16. The van der Waals surface area contributed by atoms with Crippen molar-refractivity contribution in [1.29, 1.82) is 0 Å². The summed E-state index contributed by atoms with van der Waals surface area (Å²) < 4.78 is 11.7. The largest absolute Gasteiger partial charge is 0.452 e. The van der Waals surface area contributed by atoms with E-state index in [4.69, 9.17) is 20.8 Å². The number of carbonyl (C=O) groups is 3. The van der Waals surface area contributed by atoms with Crippen LogP contribution in [0.1, 0.15) is 57.5 Å². The van der Waals surface area contributed by atoms with E-state index in [0.717, 1.165) is 11.1 Å². The van der Waals surface area contributed by atoms with E-state index < -0.39 is 11.4 Å². The number of unbranched alkanes of at least 4 members (excludes halogenated alkanes) is 2. The first-order chi connectivity index (χ1) is 18.7. The molecule has 5 rings (SSSR count). The molecular formula is C31H26ClNO6. The summed E-state index contributed by atoms with van der Waals surface area (Å²) in [7, 11) is 0. The normalized spacial score (nSPS) is 12.7. The number of aryl methyl sites for hydroxylation is 2. The number of amides is 2. The molecule has 1 aliphatic rings. The summed E-state index contributed by atoms with van der Waals surface area (Å²) in [5.74, 6) is -1.16. The van der Waals surface area contributed by atoms with Gasteiger partial charge in [0.2, 0.25) is 11.2 Å². The Morgan fingerprint density at radius 1 is 0.872 bits per heavy atom. The van der Waals surface area contributed by atoms with E-state index in [9.17, 15) is 19.2 Å². The minimum absolute atomic E-state index is 0.0621. The molecule has 4 aromatic rings. The number of ether oxygens (including phenoxy) is 1. The standard InChI is InChI=1S/C31H26ClNO6/c1-18-16-24-25(17-19(18)2)38-28(20-11-13-21(32)14-12-20)29(27(24)35)39-26(34)10-4-3-7-15-33-30(36)22-8-5-6-9-23(22)31(33)37/h5-6,8-9,11-14,16-17H,3-4,7,10,15H2,1-2H3. The lowest BCUT2D eigenvalue weighted by Gasteiger charge is -2.13. The number of hydrogen-bond acceptors (Lipinski definition) is 6. The number of benzene rings is 3. The second kappa shape index (κ2) is 10.9. The molecule has 0 radical (unpaired) electrons. The molecule has 0 saturated carbocycles. The summed E-state index contributed by atoms with van der Waals surface area (Å²) >= 11 is 6.03. The molecule has 8 heteroatoms. The van der Waals surface area contributed by atoms with Crippen LogP contribution in [0, 0.1) is 13.8 Å². The zero-order valence-electron chi connectivity index (χ0n) is 21.6. The van der Waals surface area contributed by atoms with Crippen LogP contribution in [0.5, 0.6) is 5.75 Å². The predicted molar refractivity (Wildman–Crippen MR) is 148 cm³/mol. The third-order valence-corrected chi connectivity index (χ3v) is 7.18. The fourth-order valence-electron chi connectivity index (χ4n) is 4.64. The molecule has 0 aliphatic carbocycles. The summed E-state index contributed by atoms with van der Waals surface area (Å²) in [6.07, 6.45) is 1.67. The molecule has 0 spiro atoms. The molecule has 2 amide bonds. The molecule has 39 heavy (non-hydrogen) atoms. The SMILES string of the molecule is Cc1cc2oc(-c3ccc(Cl)cc3)c(OC(=O)CCCCCN3C(=O)c4ccccc4C3=O)c(=O)c2cc1C. The number of fused-ring (bicyclic) bond motifs is 2. The molecule has 0 unspecified atom stereocenters. The first kappa shape index (κ1) is 26.4. The molecular weight excluding hydrogens is 518 g/mol. The van der Waals surface area contributed by atoms with E-state index in [-0.39, 0.29) is 36.3 Å². The quantitative estimate of drug-likeness (QED) is 0.143. The topological polar surface area (TPSA) is 93.9 Å². The Hall–Kier alpha value is -4.23. The predicted octanol–water partition coefficient (Wildman–Crippen LogP) is 6.49. The van der Waals surface area contributed by atoms with Crippen LogP contribution in [0.2, 0.25) is 5.02 Å². The third kappa shape index (κ3) is 5.22. The monoisotopic (exact) mass is 543 g/mol. The summed E-state index contributed by atoms with van der Waals surface area (Å²) in [5, 5.41) is 0.854. The molecule has 0 atom stereocenters. The minimum Gasteiger partial charge on any atom is -0.452 e. The van der Waals surface area contributed by atoms with E-state index in [0.29, 0.717) is 51.9 Å². The van der Waals surface area contributed by atoms with Crippen molar-refractivity contribution in [2.45, 2.75) is 39.5 Å². The fourth-order valence-corrected chi connectivity index (χ4v) is 4.77. The van der Waals surface area contributed by atoms with Crippen molar-refractivity contribution in [3.05, 3.63) is 98.2 Å². The zero-order chi connectivity index (χ0) is 27.7. The van der Waals surface area contributed by atoms with Gasteiger partial charge in [0.05, 0.1) is 16.5 Å². The van der Waals surface area contributed by atoms with Crippen LogP contribution in [0.4, 0.5) is 0 Å². The number of hydrogen-bond donors (Lipinski definition) is 0. The number of imide groups is 1. The van der Waals surface area contributed by atoms with Crippen LogP contribution in [0.15, 0.2) is 69.9 Å². The van der Waals surface area contributed by atoms with Gasteiger partial charge in [-0.3, -0.25) is 24.1 Å². The minimum atomic E-state index is -0.568. The van der Waals surface area contributed by atoms with E-state index in [1.807, 2.05) is 13.8 Å². The van der Waals surface area contributed by atoms with Crippen molar-refractivity contribution < 1.29 is 23.5 Å². The van der Waals surface area contributed by atoms with Crippen LogP contribution in [-0.2, 0) is 4.79 Å². The maximum Gasteiger partial charge on any atom is 0.311 e. The highest BCUT2D eigenvalue weighted by atomic mass is 35.5. The fraction of sp³-hybridized carbons (Fsp3) is 0.226. The lowest BCUT2D eigenvalue weighted by molar-refractivity contribution is -0.134. The Morgan fingerprint density at radius 2 is 1.51 bits per heavy atom. The van der Waals surface area contributed by atoms with Crippen molar-refractivity contribution in [2.24, 2.45) is 0 Å². The van der Waals surface area contributed by atoms with Gasteiger partial charge >= 0.3 is 5.97 Å². The summed E-state index contributed by atoms with van der Waals surface area (Å²) in [4.78, 5) is 52.5. The van der Waals surface area contributed by atoms with Crippen LogP contribution in [0.25, 0.3) is 22.3 Å². The number of nitrogens with zero attached hydrogens (tertiary/aromatic N) is 1. The van der Waals surface area contributed by atoms with Crippen molar-refractivity contribution >= 4 is 40.4 Å². The number of esters is 1. The molecule has 7 nitrogen and oxygen atoms in total. The Balaban J connectivity index is 1.27. The number of rotatable bonds is 8. The van der Waals surface area contributed by atoms with Crippen LogP contribution < -0.4 is 10.2 Å². The first-order valence-corrected chi connectivity index (χ1v) is 13.1. The number of halogens is 1. The molecule has 3 aromatic carbocycles. The Labute approximate surface area is 229 Å². The van der Waals surface area contributed by atoms with E-state index in [2.05, 4.69) is 0 Å². The van der Waals surface area contributed by atoms with Crippen LogP contribution >= 0.6 is 11.6 Å². The van der Waals surface area contributed by atoms with Crippen molar-refractivity contribution in [1.82, 2.24) is 4.90 Å². The van der Waals surface area contributed by atoms with E-state index in [1.165, 1.54) is 4.90 Å². The van der Waals surface area contributed by atoms with Gasteiger partial charge in [-0.1, -0.05) is 30.2 Å². The van der Waals surface area contributed by atoms with Crippen molar-refractivity contribution in [3.8, 4) is 17.1 Å². The van der Waals surface area contributed by atoms with Gasteiger partial charge in [0.15, 0.2) is 5.76 Å². The van der Waals surface area contributed by atoms with Gasteiger partial charge in [0.1, 0.15) is 5.58 Å². The summed E-state index contributed by atoms with van der Waals surface area (Å²) in [6, 6.07) is 17.0. The van der Waals surface area contributed by atoms with Gasteiger partial charge in [-0.15, -0.1) is 0 Å². The zero-order valence-corrected chi connectivity index (χ0v) is 22.3. The van der Waals surface area contributed by atoms with E-state index >= 15 is 0 Å². The molecule has 0 fully saturated rings. The Kier molecular flexibility index (Phi) is 7.35. The lowest BCUT2D eigenvalue weighted by atomic mass is 10.0. The summed E-state index contributed by atoms with van der Waals surface area (Å²) in [5.41, 5.74) is 3.26. The molecule has 0 bridgehead atoms. The molecule has 0 N–H and O–H groups in total. The molecule has 1 aliphatic heterocycles.